The average Bonchev–Trinajstić information content (AvgIpc) is 2.81. The first-order valence-electron chi connectivity index (χ1n) is 7.41. The van der Waals surface area contributed by atoms with E-state index in [4.69, 9.17) is 9.47 Å². The molecule has 0 fully saturated rings. The minimum Gasteiger partial charge on any atom is -0.462 e. The molecule has 0 aliphatic heterocycles. The molecule has 0 aliphatic rings. The van der Waals surface area contributed by atoms with Crippen LogP contribution in [0.25, 0.3) is 0 Å². The number of thiazole rings is 1. The molecule has 0 radical (unpaired) electrons. The normalized spacial score (nSPS) is 12.0. The van der Waals surface area contributed by atoms with Gasteiger partial charge in [-0.3, -0.25) is 9.69 Å². The second-order valence-electron chi connectivity index (χ2n) is 4.97. The average molecular weight is 328 g/mol. The Labute approximate surface area is 135 Å². The number of anilines is 1. The molecular formula is C15H24N2O4S. The van der Waals surface area contributed by atoms with E-state index in [1.54, 1.807) is 18.7 Å². The Hall–Kier alpha value is -1.47. The lowest BCUT2D eigenvalue weighted by Crippen LogP contribution is -2.40. The summed E-state index contributed by atoms with van der Waals surface area (Å²) in [6.07, 6.45) is 1.80. The molecule has 0 unspecified atom stereocenters. The zero-order valence-electron chi connectivity index (χ0n) is 13.8. The van der Waals surface area contributed by atoms with Crippen LogP contribution in [0.2, 0.25) is 0 Å². The van der Waals surface area contributed by atoms with Gasteiger partial charge in [0.15, 0.2) is 5.13 Å². The van der Waals surface area contributed by atoms with Crippen molar-refractivity contribution in [2.75, 3.05) is 25.2 Å². The molecule has 1 atom stereocenters. The van der Waals surface area contributed by atoms with E-state index >= 15 is 0 Å². The maximum atomic E-state index is 12.3. The first kappa shape index (κ1) is 18.6. The summed E-state index contributed by atoms with van der Waals surface area (Å²) >= 11 is 1.19. The van der Waals surface area contributed by atoms with E-state index in [2.05, 4.69) is 11.9 Å². The Bertz CT molecular complexity index is 516. The molecule has 1 aromatic heterocycles. The van der Waals surface area contributed by atoms with Crippen LogP contribution in [0.1, 0.15) is 49.0 Å². The topological polar surface area (TPSA) is 68.7 Å². The van der Waals surface area contributed by atoms with Gasteiger partial charge in [-0.2, -0.15) is 0 Å². The summed E-state index contributed by atoms with van der Waals surface area (Å²) in [5.41, 5.74) is 0.581. The van der Waals surface area contributed by atoms with Crippen molar-refractivity contribution < 1.29 is 19.1 Å². The van der Waals surface area contributed by atoms with Crippen LogP contribution >= 0.6 is 11.3 Å². The smallest absolute Gasteiger partial charge is 0.350 e. The van der Waals surface area contributed by atoms with E-state index in [-0.39, 0.29) is 18.6 Å². The molecule has 0 saturated heterocycles. The summed E-state index contributed by atoms with van der Waals surface area (Å²) in [6.45, 7) is 7.83. The third-order valence-corrected chi connectivity index (χ3v) is 4.27. The number of methoxy groups -OCH3 is 1. The number of carbonyl (C=O) groups excluding carboxylic acids is 2. The van der Waals surface area contributed by atoms with Crippen LogP contribution in [0, 0.1) is 6.92 Å². The van der Waals surface area contributed by atoms with Gasteiger partial charge in [0.05, 0.1) is 12.3 Å². The van der Waals surface area contributed by atoms with Gasteiger partial charge in [0.2, 0.25) is 0 Å². The van der Waals surface area contributed by atoms with Crippen molar-refractivity contribution in [3.63, 3.8) is 0 Å². The molecule has 1 rings (SSSR count). The fraction of sp³-hybridized carbons (Fsp3) is 0.667. The van der Waals surface area contributed by atoms with Gasteiger partial charge in [-0.25, -0.2) is 9.78 Å². The largest absolute Gasteiger partial charge is 0.462 e. The predicted molar refractivity (Wildman–Crippen MR) is 86.5 cm³/mol. The first-order valence-corrected chi connectivity index (χ1v) is 8.23. The molecule has 0 bridgehead atoms. The second kappa shape index (κ2) is 8.85. The number of aryl methyl sites for hydroxylation is 1. The maximum Gasteiger partial charge on any atom is 0.350 e. The van der Waals surface area contributed by atoms with Crippen molar-refractivity contribution in [1.29, 1.82) is 0 Å². The van der Waals surface area contributed by atoms with Gasteiger partial charge in [-0.1, -0.05) is 24.7 Å². The van der Waals surface area contributed by atoms with E-state index in [9.17, 15) is 9.59 Å². The molecule has 22 heavy (non-hydrogen) atoms. The highest BCUT2D eigenvalue weighted by Gasteiger charge is 2.27. The highest BCUT2D eigenvalue weighted by Crippen LogP contribution is 2.29. The minimum absolute atomic E-state index is 0.00625. The van der Waals surface area contributed by atoms with E-state index in [1.807, 2.05) is 6.92 Å². The Balaban J connectivity index is 3.11. The van der Waals surface area contributed by atoms with E-state index in [0.717, 1.165) is 12.8 Å². The van der Waals surface area contributed by atoms with Crippen LogP contribution in [0.3, 0.4) is 0 Å². The fourth-order valence-corrected chi connectivity index (χ4v) is 3.23. The van der Waals surface area contributed by atoms with Crippen LogP contribution in [-0.2, 0) is 14.3 Å². The lowest BCUT2D eigenvalue weighted by atomic mass is 10.2. The molecular weight excluding hydrogens is 304 g/mol. The van der Waals surface area contributed by atoms with Gasteiger partial charge < -0.3 is 9.47 Å². The molecule has 0 saturated carbocycles. The van der Waals surface area contributed by atoms with Crippen molar-refractivity contribution >= 4 is 28.3 Å². The number of carbonyl (C=O) groups is 2. The first-order chi connectivity index (χ1) is 10.5. The molecule has 0 aromatic carbocycles. The SMILES string of the molecule is CCC[C@H](C)N(C(=O)COC)c1nc(C)c(C(=O)OCC)s1. The Morgan fingerprint density at radius 3 is 2.59 bits per heavy atom. The molecule has 0 aliphatic carbocycles. The molecule has 124 valence electrons. The van der Waals surface area contributed by atoms with Gasteiger partial charge in [-0.15, -0.1) is 0 Å². The summed E-state index contributed by atoms with van der Waals surface area (Å²) in [5.74, 6) is -0.557. The van der Waals surface area contributed by atoms with Gasteiger partial charge in [0.25, 0.3) is 5.91 Å². The standard InChI is InChI=1S/C15H24N2O4S/c1-6-8-10(3)17(12(18)9-20-5)15-16-11(4)13(22-15)14(19)21-7-2/h10H,6-9H2,1-5H3/t10-/m0/s1. The lowest BCUT2D eigenvalue weighted by Gasteiger charge is -2.26. The van der Waals surface area contributed by atoms with E-state index in [1.165, 1.54) is 18.4 Å². The highest BCUT2D eigenvalue weighted by molar-refractivity contribution is 7.17. The Morgan fingerprint density at radius 2 is 2.05 bits per heavy atom. The number of ether oxygens (including phenoxy) is 2. The second-order valence-corrected chi connectivity index (χ2v) is 5.94. The molecule has 0 N–H and O–H groups in total. The Morgan fingerprint density at radius 1 is 1.36 bits per heavy atom. The quantitative estimate of drug-likeness (QED) is 0.686. The van der Waals surface area contributed by atoms with Crippen LogP contribution in [0.4, 0.5) is 5.13 Å². The van der Waals surface area contributed by atoms with Crippen molar-refractivity contribution in [3.05, 3.63) is 10.6 Å². The number of aromatic nitrogens is 1. The van der Waals surface area contributed by atoms with Gasteiger partial charge in [0.1, 0.15) is 11.5 Å². The van der Waals surface area contributed by atoms with Gasteiger partial charge in [0, 0.05) is 13.2 Å². The number of nitrogens with zero attached hydrogens (tertiary/aromatic N) is 2. The molecule has 1 amide bonds. The van der Waals surface area contributed by atoms with Gasteiger partial charge in [-0.05, 0) is 27.2 Å². The number of esters is 1. The van der Waals surface area contributed by atoms with Crippen LogP contribution < -0.4 is 4.90 Å². The summed E-state index contributed by atoms with van der Waals surface area (Å²) in [4.78, 5) is 30.7. The summed E-state index contributed by atoms with van der Waals surface area (Å²) in [7, 11) is 1.48. The number of rotatable bonds is 8. The zero-order chi connectivity index (χ0) is 16.7. The summed E-state index contributed by atoms with van der Waals surface area (Å²) in [5, 5.41) is 0.517. The van der Waals surface area contributed by atoms with Crippen molar-refractivity contribution in [2.45, 2.75) is 46.6 Å². The van der Waals surface area contributed by atoms with Gasteiger partial charge >= 0.3 is 5.97 Å². The lowest BCUT2D eigenvalue weighted by molar-refractivity contribution is -0.122. The van der Waals surface area contributed by atoms with E-state index < -0.39 is 5.97 Å². The van der Waals surface area contributed by atoms with Crippen LogP contribution in [0.15, 0.2) is 0 Å². The number of amides is 1. The predicted octanol–water partition coefficient (Wildman–Crippen LogP) is 2.80. The third kappa shape index (κ3) is 4.51. The Kier molecular flexibility index (Phi) is 7.47. The maximum absolute atomic E-state index is 12.3. The molecule has 1 aromatic rings. The molecule has 1 heterocycles. The third-order valence-electron chi connectivity index (χ3n) is 3.14. The van der Waals surface area contributed by atoms with E-state index in [0.29, 0.717) is 22.3 Å². The number of hydrogen-bond acceptors (Lipinski definition) is 6. The molecule has 0 spiro atoms. The van der Waals surface area contributed by atoms with Crippen molar-refractivity contribution in [1.82, 2.24) is 4.98 Å². The zero-order valence-corrected chi connectivity index (χ0v) is 14.7. The molecule has 7 heteroatoms. The highest BCUT2D eigenvalue weighted by atomic mass is 32.1. The molecule has 6 nitrogen and oxygen atoms in total. The van der Waals surface area contributed by atoms with Crippen molar-refractivity contribution in [3.8, 4) is 0 Å². The minimum atomic E-state index is -0.397. The van der Waals surface area contributed by atoms with Crippen molar-refractivity contribution in [2.24, 2.45) is 0 Å². The fourth-order valence-electron chi connectivity index (χ4n) is 2.15. The van der Waals surface area contributed by atoms with Crippen LogP contribution in [-0.4, -0.2) is 43.2 Å². The summed E-state index contributed by atoms with van der Waals surface area (Å²) < 4.78 is 9.97. The summed E-state index contributed by atoms with van der Waals surface area (Å²) in [6, 6.07) is -0.00625. The van der Waals surface area contributed by atoms with Crippen LogP contribution in [0.5, 0.6) is 0 Å². The monoisotopic (exact) mass is 328 g/mol. The number of hydrogen-bond donors (Lipinski definition) is 0.